The van der Waals surface area contributed by atoms with Crippen molar-refractivity contribution in [3.8, 4) is 0 Å². The number of sulfonamides is 1. The lowest BCUT2D eigenvalue weighted by atomic mass is 10.0. The third-order valence-corrected chi connectivity index (χ3v) is 6.31. The van der Waals surface area contributed by atoms with E-state index in [1.807, 2.05) is 6.07 Å². The number of nitrogens with zero attached hydrogens (tertiary/aromatic N) is 1. The van der Waals surface area contributed by atoms with Gasteiger partial charge >= 0.3 is 0 Å². The van der Waals surface area contributed by atoms with Gasteiger partial charge in [0.25, 0.3) is 0 Å². The molecule has 26 heavy (non-hydrogen) atoms. The van der Waals surface area contributed by atoms with Gasteiger partial charge in [0.2, 0.25) is 15.9 Å². The maximum atomic E-state index is 12.8. The van der Waals surface area contributed by atoms with Crippen LogP contribution >= 0.6 is 11.6 Å². The summed E-state index contributed by atoms with van der Waals surface area (Å²) in [5, 5.41) is 0.562. The lowest BCUT2D eigenvalue weighted by molar-refractivity contribution is -0.116. The van der Waals surface area contributed by atoms with Crippen molar-refractivity contribution in [1.29, 1.82) is 0 Å². The number of nitrogens with one attached hydrogen (secondary N) is 1. The van der Waals surface area contributed by atoms with Gasteiger partial charge in [0.1, 0.15) is 0 Å². The Kier molecular flexibility index (Phi) is 5.37. The smallest absolute Gasteiger partial charge is 0.241 e. The molecule has 1 heterocycles. The normalized spacial score (nSPS) is 15.4. The van der Waals surface area contributed by atoms with Crippen LogP contribution < -0.4 is 9.62 Å². The fourth-order valence-electron chi connectivity index (χ4n) is 3.21. The van der Waals surface area contributed by atoms with Gasteiger partial charge in [0, 0.05) is 30.2 Å². The first-order valence-corrected chi connectivity index (χ1v) is 10.3. The predicted octanol–water partition coefficient (Wildman–Crippen LogP) is 3.68. The van der Waals surface area contributed by atoms with Gasteiger partial charge in [-0.1, -0.05) is 23.7 Å². The van der Waals surface area contributed by atoms with Crippen molar-refractivity contribution in [2.75, 3.05) is 11.4 Å². The zero-order valence-electron chi connectivity index (χ0n) is 14.7. The van der Waals surface area contributed by atoms with Crippen LogP contribution in [0.25, 0.3) is 0 Å². The predicted molar refractivity (Wildman–Crippen MR) is 103 cm³/mol. The van der Waals surface area contributed by atoms with Crippen molar-refractivity contribution >= 4 is 33.2 Å². The molecule has 1 atom stereocenters. The zero-order chi connectivity index (χ0) is 18.9. The fraction of sp³-hybridized carbons (Fsp3) is 0.316. The van der Waals surface area contributed by atoms with E-state index < -0.39 is 16.1 Å². The van der Waals surface area contributed by atoms with Crippen LogP contribution in [0.4, 0.5) is 5.69 Å². The van der Waals surface area contributed by atoms with Crippen molar-refractivity contribution in [2.24, 2.45) is 0 Å². The van der Waals surface area contributed by atoms with Crippen molar-refractivity contribution in [3.05, 3.63) is 58.6 Å². The summed E-state index contributed by atoms with van der Waals surface area (Å²) in [4.78, 5) is 13.7. The van der Waals surface area contributed by atoms with Crippen molar-refractivity contribution in [2.45, 2.75) is 37.6 Å². The summed E-state index contributed by atoms with van der Waals surface area (Å²) in [7, 11) is -3.69. The van der Waals surface area contributed by atoms with Crippen LogP contribution in [-0.4, -0.2) is 20.9 Å². The Labute approximate surface area is 159 Å². The highest BCUT2D eigenvalue weighted by Gasteiger charge is 2.24. The molecule has 1 N–H and O–H groups in total. The van der Waals surface area contributed by atoms with E-state index in [1.54, 1.807) is 48.2 Å². The van der Waals surface area contributed by atoms with E-state index >= 15 is 0 Å². The molecule has 1 aliphatic rings. The first-order valence-electron chi connectivity index (χ1n) is 8.47. The van der Waals surface area contributed by atoms with Crippen LogP contribution in [0.2, 0.25) is 5.02 Å². The molecule has 0 aromatic heterocycles. The van der Waals surface area contributed by atoms with E-state index in [1.165, 1.54) is 6.92 Å². The van der Waals surface area contributed by atoms with Crippen LogP contribution in [0.1, 0.15) is 37.4 Å². The third-order valence-electron chi connectivity index (χ3n) is 4.54. The Morgan fingerprint density at radius 3 is 2.69 bits per heavy atom. The van der Waals surface area contributed by atoms with E-state index in [-0.39, 0.29) is 10.8 Å². The second kappa shape index (κ2) is 7.39. The Hall–Kier alpha value is -1.89. The average molecular weight is 393 g/mol. The zero-order valence-corrected chi connectivity index (χ0v) is 16.3. The minimum atomic E-state index is -3.69. The molecule has 0 unspecified atom stereocenters. The number of hydrogen-bond acceptors (Lipinski definition) is 3. The van der Waals surface area contributed by atoms with E-state index in [2.05, 4.69) is 4.72 Å². The van der Waals surface area contributed by atoms with Crippen LogP contribution in [-0.2, 0) is 21.2 Å². The number of hydrogen-bond donors (Lipinski definition) is 1. The molecule has 138 valence electrons. The van der Waals surface area contributed by atoms with Crippen LogP contribution in [0, 0.1) is 0 Å². The van der Waals surface area contributed by atoms with E-state index in [0.29, 0.717) is 11.6 Å². The SMILES string of the molecule is CC(=O)N1CCCc2cc(S(=O)(=O)N[C@@H](C)c3cccc(Cl)c3)ccc21. The molecule has 2 aromatic carbocycles. The summed E-state index contributed by atoms with van der Waals surface area (Å²) in [6.07, 6.45) is 1.58. The molecule has 5 nitrogen and oxygen atoms in total. The minimum Gasteiger partial charge on any atom is -0.312 e. The largest absolute Gasteiger partial charge is 0.312 e. The average Bonchev–Trinajstić information content (AvgIpc) is 2.60. The number of benzene rings is 2. The summed E-state index contributed by atoms with van der Waals surface area (Å²) < 4.78 is 28.2. The number of halogens is 1. The van der Waals surface area contributed by atoms with Crippen LogP contribution in [0.3, 0.4) is 0 Å². The lowest BCUT2D eigenvalue weighted by Crippen LogP contribution is -2.34. The number of amides is 1. The Balaban J connectivity index is 1.87. The molecule has 1 aliphatic heterocycles. The molecule has 2 aromatic rings. The molecule has 7 heteroatoms. The standard InChI is InChI=1S/C19H21ClN2O3S/c1-13(15-5-3-7-17(20)11-15)21-26(24,25)18-8-9-19-16(12-18)6-4-10-22(19)14(2)23/h3,5,7-9,11-13,21H,4,6,10H2,1-2H3/t13-/m0/s1. The fourth-order valence-corrected chi connectivity index (χ4v) is 4.69. The molecule has 0 spiro atoms. The van der Waals surface area contributed by atoms with E-state index in [9.17, 15) is 13.2 Å². The molecule has 0 aliphatic carbocycles. The van der Waals surface area contributed by atoms with Crippen LogP contribution in [0.15, 0.2) is 47.4 Å². The van der Waals surface area contributed by atoms with Gasteiger partial charge in [-0.25, -0.2) is 13.1 Å². The Morgan fingerprint density at radius 1 is 1.23 bits per heavy atom. The van der Waals surface area contributed by atoms with Gasteiger partial charge in [-0.05, 0) is 61.2 Å². The number of fused-ring (bicyclic) bond motifs is 1. The van der Waals surface area contributed by atoms with Gasteiger partial charge in [-0.2, -0.15) is 0 Å². The number of anilines is 1. The summed E-state index contributed by atoms with van der Waals surface area (Å²) in [5.74, 6) is -0.0331. The highest BCUT2D eigenvalue weighted by molar-refractivity contribution is 7.89. The van der Waals surface area contributed by atoms with E-state index in [0.717, 1.165) is 29.7 Å². The van der Waals surface area contributed by atoms with Crippen LogP contribution in [0.5, 0.6) is 0 Å². The van der Waals surface area contributed by atoms with E-state index in [4.69, 9.17) is 11.6 Å². The monoisotopic (exact) mass is 392 g/mol. The van der Waals surface area contributed by atoms with Crippen molar-refractivity contribution in [1.82, 2.24) is 4.72 Å². The lowest BCUT2D eigenvalue weighted by Gasteiger charge is -2.29. The first-order chi connectivity index (χ1) is 12.3. The number of rotatable bonds is 4. The van der Waals surface area contributed by atoms with Crippen molar-refractivity contribution < 1.29 is 13.2 Å². The molecule has 1 amide bonds. The van der Waals surface area contributed by atoms with Gasteiger partial charge < -0.3 is 4.90 Å². The molecule has 0 bridgehead atoms. The molecule has 0 fully saturated rings. The van der Waals surface area contributed by atoms with Gasteiger partial charge in [-0.3, -0.25) is 4.79 Å². The first kappa shape index (κ1) is 18.9. The molecular weight excluding hydrogens is 372 g/mol. The molecule has 0 radical (unpaired) electrons. The highest BCUT2D eigenvalue weighted by atomic mass is 35.5. The third kappa shape index (κ3) is 3.92. The summed E-state index contributed by atoms with van der Waals surface area (Å²) in [6, 6.07) is 11.6. The van der Waals surface area contributed by atoms with Gasteiger partial charge in [0.15, 0.2) is 0 Å². The maximum absolute atomic E-state index is 12.8. The molecule has 0 saturated heterocycles. The number of carbonyl (C=O) groups excluding carboxylic acids is 1. The van der Waals surface area contributed by atoms with Gasteiger partial charge in [-0.15, -0.1) is 0 Å². The second-order valence-corrected chi connectivity index (χ2v) is 8.61. The number of carbonyl (C=O) groups is 1. The quantitative estimate of drug-likeness (QED) is 0.863. The molecule has 0 saturated carbocycles. The van der Waals surface area contributed by atoms with Gasteiger partial charge in [0.05, 0.1) is 4.90 Å². The Morgan fingerprint density at radius 2 is 2.00 bits per heavy atom. The minimum absolute atomic E-state index is 0.0331. The summed E-state index contributed by atoms with van der Waals surface area (Å²) in [5.41, 5.74) is 2.47. The number of aryl methyl sites for hydroxylation is 1. The second-order valence-electron chi connectivity index (χ2n) is 6.46. The Bertz CT molecular complexity index is 944. The highest BCUT2D eigenvalue weighted by Crippen LogP contribution is 2.30. The summed E-state index contributed by atoms with van der Waals surface area (Å²) in [6.45, 7) is 3.96. The molecule has 3 rings (SSSR count). The topological polar surface area (TPSA) is 66.5 Å². The van der Waals surface area contributed by atoms with Crippen molar-refractivity contribution in [3.63, 3.8) is 0 Å². The summed E-state index contributed by atoms with van der Waals surface area (Å²) >= 11 is 5.99. The maximum Gasteiger partial charge on any atom is 0.241 e. The molecular formula is C19H21ClN2O3S.